The highest BCUT2D eigenvalue weighted by atomic mass is 16.8. The second kappa shape index (κ2) is 21.1. The molecule has 4 saturated heterocycles. The van der Waals surface area contributed by atoms with Crippen LogP contribution in [0.3, 0.4) is 0 Å². The summed E-state index contributed by atoms with van der Waals surface area (Å²) >= 11 is 0. The summed E-state index contributed by atoms with van der Waals surface area (Å²) < 4.78 is 56.4. The number of amides is 1. The van der Waals surface area contributed by atoms with Gasteiger partial charge >= 0.3 is 18.2 Å². The number of fused-ring (bicyclic) bond motifs is 1. The van der Waals surface area contributed by atoms with Gasteiger partial charge in [-0.1, -0.05) is 39.0 Å². The second-order valence-electron chi connectivity index (χ2n) is 19.6. The van der Waals surface area contributed by atoms with Gasteiger partial charge in [0.05, 0.1) is 41.6 Å². The molecule has 0 aromatic heterocycles. The lowest BCUT2D eigenvalue weighted by Crippen LogP contribution is -2.61. The van der Waals surface area contributed by atoms with Gasteiger partial charge in [0.25, 0.3) is 0 Å². The summed E-state index contributed by atoms with van der Waals surface area (Å²) in [5.74, 6) is -2.66. The van der Waals surface area contributed by atoms with Gasteiger partial charge < -0.3 is 57.7 Å². The van der Waals surface area contributed by atoms with Crippen molar-refractivity contribution in [1.29, 1.82) is 0 Å². The van der Waals surface area contributed by atoms with Gasteiger partial charge in [0.2, 0.25) is 0 Å². The molecule has 18 atom stereocenters. The number of nitrogens with one attached hydrogen (secondary N) is 2. The minimum atomic E-state index is -1.60. The largest absolute Gasteiger partial charge is 0.509 e. The summed E-state index contributed by atoms with van der Waals surface area (Å²) in [6, 6.07) is 8.40. The number of hydrogen-bond donors (Lipinski definition) is 4. The number of benzene rings is 1. The number of para-hydroxylation sites is 1. The number of hydrazine groups is 1. The minimum Gasteiger partial charge on any atom is -0.458 e. The van der Waals surface area contributed by atoms with Gasteiger partial charge in [-0.15, -0.1) is 0 Å². The van der Waals surface area contributed by atoms with Gasteiger partial charge in [0, 0.05) is 38.1 Å². The molecule has 5 rings (SSSR count). The molecule has 64 heavy (non-hydrogen) atoms. The predicted molar refractivity (Wildman–Crippen MR) is 235 cm³/mol. The Morgan fingerprint density at radius 3 is 2.27 bits per heavy atom. The zero-order valence-electron chi connectivity index (χ0n) is 40.3. The van der Waals surface area contributed by atoms with Crippen LogP contribution in [0.25, 0.3) is 0 Å². The van der Waals surface area contributed by atoms with Crippen molar-refractivity contribution < 1.29 is 67.2 Å². The van der Waals surface area contributed by atoms with Crippen LogP contribution in [0.4, 0.5) is 15.3 Å². The van der Waals surface area contributed by atoms with Crippen molar-refractivity contribution >= 4 is 23.9 Å². The Balaban J connectivity index is 1.52. The van der Waals surface area contributed by atoms with E-state index in [4.69, 9.17) is 42.6 Å². The molecule has 18 heteroatoms. The standard InChI is InChI=1S/C46H76N4O14/c1-15-33-46(10)38(63-43(54)64-46)29(6)50(13)24-25(2)22-44(8,55)37(61-41-35(51)32(49(11)12)21-26(3)57-41)27(4)36(28(5)40(52)59-33)60-34-23-45(9,56-14)39(30(7)58-34)62-42(53)48-47-31-19-17-16-18-20-31/h16-20,25-30,32-39,41,47,51,55H,15,21-24H2,1-14H3,(H,48,53)/t25-,26-,27+,28-,29-,30+,32+,33-,34+,35-,36+,37-,38+,39+,41+,44-,45-,46-/m1/s1. The Morgan fingerprint density at radius 2 is 1.64 bits per heavy atom. The van der Waals surface area contributed by atoms with E-state index in [-0.39, 0.29) is 36.9 Å². The maximum atomic E-state index is 14.7. The molecular weight excluding hydrogens is 833 g/mol. The highest BCUT2D eigenvalue weighted by Gasteiger charge is 2.58. The number of likely N-dealkylation sites (N-methyl/N-ethyl adjacent to an activating group) is 2. The molecule has 0 bridgehead atoms. The number of ether oxygens (including phenoxy) is 9. The maximum Gasteiger partial charge on any atom is 0.509 e. The SMILES string of the molecule is CC[C@H]1OC(=O)[C@H](C)[C@@H](O[C@H]2C[C@@](C)(OC)[C@@H](OC(=O)NNc3ccccc3)[C@H](C)O2)[C@H](C)[C@@H](O[C@@H]2O[C@H](C)C[C@H](N(C)C)[C@H]2O)[C@](C)(O)C[C@@H](C)CN(C)[C@H](C)[C@@H]2OC(=O)O[C@]12C. The monoisotopic (exact) mass is 909 g/mol. The lowest BCUT2D eigenvalue weighted by Gasteiger charge is -2.49. The van der Waals surface area contributed by atoms with Crippen LogP contribution in [-0.4, -0.2) is 163 Å². The van der Waals surface area contributed by atoms with Crippen molar-refractivity contribution in [3.8, 4) is 0 Å². The van der Waals surface area contributed by atoms with Crippen LogP contribution in [0.15, 0.2) is 30.3 Å². The van der Waals surface area contributed by atoms with Crippen LogP contribution in [-0.2, 0) is 47.4 Å². The maximum absolute atomic E-state index is 14.7. The molecule has 0 radical (unpaired) electrons. The van der Waals surface area contributed by atoms with Gasteiger partial charge in [-0.05, 0) is 107 Å². The molecule has 0 spiro atoms. The number of anilines is 1. The second-order valence-corrected chi connectivity index (χ2v) is 19.6. The molecule has 0 unspecified atom stereocenters. The molecule has 0 aliphatic carbocycles. The first kappa shape index (κ1) is 51.7. The molecule has 1 aromatic carbocycles. The molecule has 364 valence electrons. The van der Waals surface area contributed by atoms with E-state index in [2.05, 4.69) is 10.9 Å². The van der Waals surface area contributed by atoms with E-state index in [0.717, 1.165) is 0 Å². The quantitative estimate of drug-likeness (QED) is 0.141. The highest BCUT2D eigenvalue weighted by Crippen LogP contribution is 2.42. The van der Waals surface area contributed by atoms with Crippen LogP contribution >= 0.6 is 0 Å². The van der Waals surface area contributed by atoms with Crippen molar-refractivity contribution in [2.45, 2.75) is 185 Å². The fraction of sp³-hybridized carbons (Fsp3) is 0.804. The smallest absolute Gasteiger partial charge is 0.458 e. The van der Waals surface area contributed by atoms with Gasteiger partial charge in [0.1, 0.15) is 17.8 Å². The molecule has 1 amide bonds. The van der Waals surface area contributed by atoms with Crippen LogP contribution in [0, 0.1) is 17.8 Å². The molecule has 4 N–H and O–H groups in total. The summed E-state index contributed by atoms with van der Waals surface area (Å²) in [7, 11) is 7.19. The average molecular weight is 909 g/mol. The first-order valence-corrected chi connectivity index (χ1v) is 22.8. The van der Waals surface area contributed by atoms with E-state index in [1.807, 2.05) is 83.8 Å². The molecule has 4 heterocycles. The number of carbonyl (C=O) groups is 3. The molecule has 4 fully saturated rings. The number of carbonyl (C=O) groups excluding carboxylic acids is 3. The summed E-state index contributed by atoms with van der Waals surface area (Å²) in [4.78, 5) is 44.6. The van der Waals surface area contributed by atoms with Gasteiger partial charge in [-0.3, -0.25) is 15.1 Å². The summed E-state index contributed by atoms with van der Waals surface area (Å²) in [6.45, 7) is 18.6. The zero-order valence-corrected chi connectivity index (χ0v) is 40.3. The van der Waals surface area contributed by atoms with E-state index >= 15 is 0 Å². The van der Waals surface area contributed by atoms with Crippen molar-refractivity contribution in [2.24, 2.45) is 17.8 Å². The number of aliphatic hydroxyl groups is 2. The van der Waals surface area contributed by atoms with E-state index in [0.29, 0.717) is 25.1 Å². The topological polar surface area (TPSA) is 205 Å². The Kier molecular flexibility index (Phi) is 17.0. The fourth-order valence-corrected chi connectivity index (χ4v) is 10.3. The molecule has 4 aliphatic heterocycles. The van der Waals surface area contributed by atoms with E-state index in [1.165, 1.54) is 7.11 Å². The number of hydrogen-bond acceptors (Lipinski definition) is 17. The number of rotatable bonds is 10. The Labute approximate surface area is 379 Å². The number of aliphatic hydroxyl groups excluding tert-OH is 1. The van der Waals surface area contributed by atoms with Crippen molar-refractivity contribution in [3.05, 3.63) is 30.3 Å². The Hall–Kier alpha value is -3.33. The first-order valence-electron chi connectivity index (χ1n) is 22.8. The summed E-state index contributed by atoms with van der Waals surface area (Å²) in [6.07, 6.45) is -9.55. The molecule has 18 nitrogen and oxygen atoms in total. The van der Waals surface area contributed by atoms with Crippen LogP contribution in [0.1, 0.15) is 94.9 Å². The fourth-order valence-electron chi connectivity index (χ4n) is 10.3. The minimum absolute atomic E-state index is 0.0587. The lowest BCUT2D eigenvalue weighted by atomic mass is 9.77. The van der Waals surface area contributed by atoms with Crippen molar-refractivity contribution in [3.63, 3.8) is 0 Å². The van der Waals surface area contributed by atoms with Gasteiger partial charge in [-0.25, -0.2) is 15.0 Å². The molecular formula is C46H76N4O14. The number of esters is 1. The van der Waals surface area contributed by atoms with Gasteiger partial charge in [-0.2, -0.15) is 0 Å². The van der Waals surface area contributed by atoms with Crippen molar-refractivity contribution in [2.75, 3.05) is 40.2 Å². The van der Waals surface area contributed by atoms with Gasteiger partial charge in [0.15, 0.2) is 30.4 Å². The zero-order chi connectivity index (χ0) is 47.5. The van der Waals surface area contributed by atoms with E-state index < -0.39 is 102 Å². The molecule has 4 aliphatic rings. The highest BCUT2D eigenvalue weighted by molar-refractivity contribution is 5.73. The Morgan fingerprint density at radius 1 is 0.969 bits per heavy atom. The molecule has 1 aromatic rings. The normalized spacial score (nSPS) is 42.9. The number of cyclic esters (lactones) is 1. The van der Waals surface area contributed by atoms with Crippen LogP contribution in [0.2, 0.25) is 0 Å². The third kappa shape index (κ3) is 11.6. The molecule has 0 saturated carbocycles. The Bertz CT molecular complexity index is 1710. The third-order valence-electron chi connectivity index (χ3n) is 13.9. The third-order valence-corrected chi connectivity index (χ3v) is 13.9. The number of nitrogens with zero attached hydrogens (tertiary/aromatic N) is 2. The van der Waals surface area contributed by atoms with E-state index in [9.17, 15) is 24.6 Å². The van der Waals surface area contributed by atoms with Crippen LogP contribution < -0.4 is 10.9 Å². The van der Waals surface area contributed by atoms with Crippen molar-refractivity contribution in [1.82, 2.24) is 15.2 Å². The number of methoxy groups -OCH3 is 1. The predicted octanol–water partition coefficient (Wildman–Crippen LogP) is 4.84. The first-order chi connectivity index (χ1) is 29.9. The summed E-state index contributed by atoms with van der Waals surface area (Å²) in [5.41, 5.74) is 1.95. The lowest BCUT2D eigenvalue weighted by molar-refractivity contribution is -0.317. The van der Waals surface area contributed by atoms with E-state index in [1.54, 1.807) is 46.8 Å². The average Bonchev–Trinajstić information content (AvgIpc) is 3.54. The summed E-state index contributed by atoms with van der Waals surface area (Å²) in [5, 5.41) is 24.5. The van der Waals surface area contributed by atoms with Crippen LogP contribution in [0.5, 0.6) is 0 Å².